The first-order chi connectivity index (χ1) is 12.7. The molecule has 3 rings (SSSR count). The fourth-order valence-corrected chi connectivity index (χ4v) is 3.37. The van der Waals surface area contributed by atoms with E-state index in [0.717, 1.165) is 6.07 Å². The van der Waals surface area contributed by atoms with Crippen molar-refractivity contribution in [2.45, 2.75) is 19.1 Å². The number of nitrogens with zero attached hydrogens (tertiary/aromatic N) is 1. The van der Waals surface area contributed by atoms with Crippen LogP contribution in [0.5, 0.6) is 0 Å². The summed E-state index contributed by atoms with van der Waals surface area (Å²) in [5.74, 6) is -0.336. The molecule has 0 saturated heterocycles. The Morgan fingerprint density at radius 2 is 1.67 bits per heavy atom. The molecule has 1 N–H and O–H groups in total. The summed E-state index contributed by atoms with van der Waals surface area (Å²) < 4.78 is 40.7. The summed E-state index contributed by atoms with van der Waals surface area (Å²) in [6, 6.07) is 12.7. The first kappa shape index (κ1) is 19.1. The third-order valence-electron chi connectivity index (χ3n) is 4.61. The first-order valence-corrected chi connectivity index (χ1v) is 8.63. The van der Waals surface area contributed by atoms with Crippen LogP contribution in [0.15, 0.2) is 65.9 Å². The molecular weight excluding hydrogens is 373 g/mol. The van der Waals surface area contributed by atoms with Gasteiger partial charge in [0.25, 0.3) is 0 Å². The van der Waals surface area contributed by atoms with Crippen LogP contribution >= 0.6 is 12.2 Å². The van der Waals surface area contributed by atoms with Crippen molar-refractivity contribution in [1.82, 2.24) is 10.2 Å². The monoisotopic (exact) mass is 390 g/mol. The first-order valence-electron chi connectivity index (χ1n) is 8.22. The number of allylic oxidation sites excluding steroid dienone is 1. The molecule has 1 aliphatic heterocycles. The van der Waals surface area contributed by atoms with E-state index < -0.39 is 17.8 Å². The molecule has 140 valence electrons. The van der Waals surface area contributed by atoms with Gasteiger partial charge < -0.3 is 10.2 Å². The van der Waals surface area contributed by atoms with E-state index in [4.69, 9.17) is 12.2 Å². The van der Waals surface area contributed by atoms with E-state index >= 15 is 0 Å². The summed E-state index contributed by atoms with van der Waals surface area (Å²) in [5, 5.41) is 3.17. The van der Waals surface area contributed by atoms with E-state index in [-0.39, 0.29) is 22.0 Å². The van der Waals surface area contributed by atoms with Crippen LogP contribution in [-0.4, -0.2) is 22.8 Å². The summed E-state index contributed by atoms with van der Waals surface area (Å²) in [6.07, 6.45) is -4.54. The second-order valence-corrected chi connectivity index (χ2v) is 6.61. The van der Waals surface area contributed by atoms with E-state index in [1.807, 2.05) is 0 Å². The number of hydrogen-bond acceptors (Lipinski definition) is 2. The molecular formula is C20H17F3N2OS. The topological polar surface area (TPSA) is 32.3 Å². The van der Waals surface area contributed by atoms with Gasteiger partial charge in [-0.25, -0.2) is 0 Å². The molecule has 1 heterocycles. The van der Waals surface area contributed by atoms with Gasteiger partial charge in [0.05, 0.1) is 11.6 Å². The van der Waals surface area contributed by atoms with Gasteiger partial charge in [-0.05, 0) is 30.8 Å². The molecule has 7 heteroatoms. The number of benzene rings is 2. The maximum atomic E-state index is 13.6. The molecule has 0 aromatic heterocycles. The Kier molecular flexibility index (Phi) is 5.06. The molecule has 1 atom stereocenters. The van der Waals surface area contributed by atoms with Crippen LogP contribution in [0.25, 0.3) is 0 Å². The predicted molar refractivity (Wildman–Crippen MR) is 101 cm³/mol. The molecule has 0 saturated carbocycles. The van der Waals surface area contributed by atoms with Crippen LogP contribution in [0.1, 0.15) is 34.5 Å². The average Bonchev–Trinajstić information content (AvgIpc) is 2.65. The minimum absolute atomic E-state index is 0.0286. The zero-order valence-corrected chi connectivity index (χ0v) is 15.5. The van der Waals surface area contributed by atoms with Crippen molar-refractivity contribution < 1.29 is 18.0 Å². The van der Waals surface area contributed by atoms with Crippen molar-refractivity contribution in [2.24, 2.45) is 0 Å². The number of thiocarbonyl (C=S) groups is 1. The van der Waals surface area contributed by atoms with E-state index in [1.54, 1.807) is 49.2 Å². The fraction of sp³-hybridized carbons (Fsp3) is 0.200. The Bertz CT molecular complexity index is 922. The second kappa shape index (κ2) is 7.15. The molecule has 0 amide bonds. The average molecular weight is 390 g/mol. The molecule has 2 aromatic rings. The van der Waals surface area contributed by atoms with Gasteiger partial charge in [-0.1, -0.05) is 48.5 Å². The molecule has 1 aliphatic rings. The summed E-state index contributed by atoms with van der Waals surface area (Å²) in [7, 11) is 1.68. The van der Waals surface area contributed by atoms with Crippen molar-refractivity contribution in [1.29, 1.82) is 0 Å². The lowest BCUT2D eigenvalue weighted by Gasteiger charge is -2.36. The predicted octanol–water partition coefficient (Wildman–Crippen LogP) is 4.72. The summed E-state index contributed by atoms with van der Waals surface area (Å²) in [5.41, 5.74) is 0.355. The largest absolute Gasteiger partial charge is 0.416 e. The fourth-order valence-electron chi connectivity index (χ4n) is 3.11. The van der Waals surface area contributed by atoms with E-state index in [0.29, 0.717) is 11.3 Å². The van der Waals surface area contributed by atoms with Gasteiger partial charge >= 0.3 is 6.18 Å². The number of carbonyl (C=O) groups is 1. The minimum atomic E-state index is -4.54. The summed E-state index contributed by atoms with van der Waals surface area (Å²) in [4.78, 5) is 14.8. The van der Waals surface area contributed by atoms with Crippen LogP contribution < -0.4 is 5.32 Å². The number of carbonyl (C=O) groups excluding carboxylic acids is 1. The Morgan fingerprint density at radius 1 is 1.07 bits per heavy atom. The maximum Gasteiger partial charge on any atom is 0.416 e. The van der Waals surface area contributed by atoms with Gasteiger partial charge in [0, 0.05) is 23.9 Å². The highest BCUT2D eigenvalue weighted by Crippen LogP contribution is 2.39. The third kappa shape index (κ3) is 3.60. The van der Waals surface area contributed by atoms with Gasteiger partial charge in [-0.2, -0.15) is 13.2 Å². The SMILES string of the molecule is CC1=C(C(=O)c2ccccc2)C(c2ccccc2C(F)(F)F)NC(=S)N1C. The minimum Gasteiger partial charge on any atom is -0.351 e. The van der Waals surface area contributed by atoms with E-state index in [9.17, 15) is 18.0 Å². The molecule has 27 heavy (non-hydrogen) atoms. The number of nitrogens with one attached hydrogen (secondary N) is 1. The van der Waals surface area contributed by atoms with Crippen LogP contribution in [-0.2, 0) is 6.18 Å². The van der Waals surface area contributed by atoms with Gasteiger partial charge in [-0.3, -0.25) is 4.79 Å². The number of rotatable bonds is 3. The zero-order valence-electron chi connectivity index (χ0n) is 14.7. The van der Waals surface area contributed by atoms with Gasteiger partial charge in [0.2, 0.25) is 0 Å². The number of halogens is 3. The van der Waals surface area contributed by atoms with Crippen LogP contribution in [0.4, 0.5) is 13.2 Å². The highest BCUT2D eigenvalue weighted by molar-refractivity contribution is 7.80. The van der Waals surface area contributed by atoms with Crippen molar-refractivity contribution in [3.8, 4) is 0 Å². The van der Waals surface area contributed by atoms with Gasteiger partial charge in [-0.15, -0.1) is 0 Å². The lowest BCUT2D eigenvalue weighted by atomic mass is 9.87. The summed E-state index contributed by atoms with van der Waals surface area (Å²) in [6.45, 7) is 1.69. The van der Waals surface area contributed by atoms with Gasteiger partial charge in [0.15, 0.2) is 10.9 Å². The maximum absolute atomic E-state index is 13.6. The van der Waals surface area contributed by atoms with Crippen molar-refractivity contribution in [3.05, 3.63) is 82.6 Å². The Morgan fingerprint density at radius 3 is 2.30 bits per heavy atom. The Hall–Kier alpha value is -2.67. The zero-order chi connectivity index (χ0) is 19.8. The molecule has 0 radical (unpaired) electrons. The van der Waals surface area contributed by atoms with Crippen molar-refractivity contribution >= 4 is 23.1 Å². The van der Waals surface area contributed by atoms with Crippen molar-refractivity contribution in [3.63, 3.8) is 0 Å². The van der Waals surface area contributed by atoms with E-state index in [1.165, 1.54) is 18.2 Å². The smallest absolute Gasteiger partial charge is 0.351 e. The lowest BCUT2D eigenvalue weighted by Crippen LogP contribution is -2.46. The lowest BCUT2D eigenvalue weighted by molar-refractivity contribution is -0.138. The number of ketones is 1. The van der Waals surface area contributed by atoms with Crippen molar-refractivity contribution in [2.75, 3.05) is 7.05 Å². The van der Waals surface area contributed by atoms with Gasteiger partial charge in [0.1, 0.15) is 0 Å². The highest BCUT2D eigenvalue weighted by atomic mass is 32.1. The third-order valence-corrected chi connectivity index (χ3v) is 5.00. The normalized spacial score (nSPS) is 17.7. The number of alkyl halides is 3. The second-order valence-electron chi connectivity index (χ2n) is 6.22. The standard InChI is InChI=1S/C20H17F3N2OS/c1-12-16(18(26)13-8-4-3-5-9-13)17(24-19(27)25(12)2)14-10-6-7-11-15(14)20(21,22)23/h3-11,17H,1-2H3,(H,24,27). The van der Waals surface area contributed by atoms with Crippen LogP contribution in [0.3, 0.4) is 0 Å². The number of Topliss-reactive ketones (excluding diaryl/α,β-unsaturated/α-hetero) is 1. The molecule has 2 aromatic carbocycles. The quantitative estimate of drug-likeness (QED) is 0.607. The molecule has 0 aliphatic carbocycles. The van der Waals surface area contributed by atoms with Crippen LogP contribution in [0.2, 0.25) is 0 Å². The molecule has 0 spiro atoms. The summed E-state index contributed by atoms with van der Waals surface area (Å²) >= 11 is 5.26. The van der Waals surface area contributed by atoms with Crippen LogP contribution in [0, 0.1) is 0 Å². The highest BCUT2D eigenvalue weighted by Gasteiger charge is 2.39. The Balaban J connectivity index is 2.20. The molecule has 3 nitrogen and oxygen atoms in total. The number of hydrogen-bond donors (Lipinski definition) is 1. The Labute approximate surface area is 160 Å². The molecule has 0 bridgehead atoms. The molecule has 1 unspecified atom stereocenters. The van der Waals surface area contributed by atoms with E-state index in [2.05, 4.69) is 5.32 Å². The molecule has 0 fully saturated rings.